The smallest absolute Gasteiger partial charge is 0.130 e. The fourth-order valence-corrected chi connectivity index (χ4v) is 3.75. The number of thiophene rings is 1. The summed E-state index contributed by atoms with van der Waals surface area (Å²) in [5.74, 6) is 0. The normalized spacial score (nSPS) is 11.5. The Kier molecular flexibility index (Phi) is 5.09. The highest BCUT2D eigenvalue weighted by molar-refractivity contribution is 7.13. The van der Waals surface area contributed by atoms with Crippen molar-refractivity contribution in [1.82, 2.24) is 0 Å². The van der Waals surface area contributed by atoms with Crippen LogP contribution in [0, 0.1) is 6.92 Å². The highest BCUT2D eigenvalue weighted by Gasteiger charge is 2.16. The average molecular weight is 377 g/mol. The van der Waals surface area contributed by atoms with E-state index in [9.17, 15) is 5.21 Å². The molecule has 1 aromatic heterocycles. The van der Waals surface area contributed by atoms with Crippen molar-refractivity contribution >= 4 is 51.6 Å². The number of para-hydroxylation sites is 1. The number of rotatable bonds is 4. The first-order valence-corrected chi connectivity index (χ1v) is 8.81. The Hall–Kier alpha value is -2.01. The van der Waals surface area contributed by atoms with Crippen LogP contribution in [0.2, 0.25) is 10.0 Å². The van der Waals surface area contributed by atoms with Gasteiger partial charge in [-0.3, -0.25) is 0 Å². The molecule has 122 valence electrons. The topological polar surface area (TPSA) is 44.6 Å². The summed E-state index contributed by atoms with van der Waals surface area (Å²) in [6.07, 6.45) is 0. The summed E-state index contributed by atoms with van der Waals surface area (Å²) in [5.41, 5.74) is 3.99. The Morgan fingerprint density at radius 1 is 1.08 bits per heavy atom. The van der Waals surface area contributed by atoms with Gasteiger partial charge in [-0.05, 0) is 48.2 Å². The van der Waals surface area contributed by atoms with Gasteiger partial charge in [-0.25, -0.2) is 0 Å². The zero-order chi connectivity index (χ0) is 17.1. The molecular formula is C18H14Cl2N2OS. The van der Waals surface area contributed by atoms with Gasteiger partial charge in [0.15, 0.2) is 0 Å². The van der Waals surface area contributed by atoms with Crippen LogP contribution in [-0.4, -0.2) is 10.9 Å². The van der Waals surface area contributed by atoms with E-state index >= 15 is 0 Å². The second kappa shape index (κ2) is 7.26. The number of benzene rings is 2. The minimum Gasteiger partial charge on any atom is -0.410 e. The van der Waals surface area contributed by atoms with E-state index in [1.165, 1.54) is 11.3 Å². The van der Waals surface area contributed by atoms with Crippen molar-refractivity contribution in [3.05, 3.63) is 80.0 Å². The minimum absolute atomic E-state index is 0.363. The lowest BCUT2D eigenvalue weighted by molar-refractivity contribution is 0.320. The molecule has 2 N–H and O–H groups in total. The Morgan fingerprint density at radius 3 is 2.50 bits per heavy atom. The third kappa shape index (κ3) is 3.41. The Bertz CT molecular complexity index is 906. The number of aryl methyl sites for hydroxylation is 1. The fraction of sp³-hybridized carbons (Fsp3) is 0.0556. The summed E-state index contributed by atoms with van der Waals surface area (Å²) in [4.78, 5) is 0.681. The van der Waals surface area contributed by atoms with Gasteiger partial charge in [0.25, 0.3) is 0 Å². The Labute approximate surface area is 154 Å². The SMILES string of the molecule is Cc1ccccc1Nc1ccc(/C(=N\O)c2sccc2Cl)c(Cl)c1. The third-order valence-corrected chi connectivity index (χ3v) is 5.24. The monoisotopic (exact) mass is 376 g/mol. The maximum absolute atomic E-state index is 9.40. The van der Waals surface area contributed by atoms with Gasteiger partial charge in [-0.1, -0.05) is 46.6 Å². The highest BCUT2D eigenvalue weighted by Crippen LogP contribution is 2.31. The molecule has 0 fully saturated rings. The number of oxime groups is 1. The molecule has 3 rings (SSSR count). The van der Waals surface area contributed by atoms with Crippen molar-refractivity contribution in [3.8, 4) is 0 Å². The number of anilines is 2. The predicted octanol–water partition coefficient (Wildman–Crippen LogP) is 6.33. The number of hydrogen-bond acceptors (Lipinski definition) is 4. The van der Waals surface area contributed by atoms with Gasteiger partial charge in [0, 0.05) is 16.9 Å². The fourth-order valence-electron chi connectivity index (χ4n) is 2.34. The molecule has 0 atom stereocenters. The van der Waals surface area contributed by atoms with E-state index in [0.717, 1.165) is 16.9 Å². The quantitative estimate of drug-likeness (QED) is 0.317. The van der Waals surface area contributed by atoms with Crippen LogP contribution in [-0.2, 0) is 0 Å². The first kappa shape index (κ1) is 16.8. The lowest BCUT2D eigenvalue weighted by Gasteiger charge is -2.12. The van der Waals surface area contributed by atoms with Crippen LogP contribution in [0.25, 0.3) is 0 Å². The van der Waals surface area contributed by atoms with Crippen LogP contribution in [0.4, 0.5) is 11.4 Å². The van der Waals surface area contributed by atoms with Crippen molar-refractivity contribution in [2.24, 2.45) is 5.16 Å². The van der Waals surface area contributed by atoms with Gasteiger partial charge in [0.1, 0.15) is 5.71 Å². The van der Waals surface area contributed by atoms with E-state index in [0.29, 0.717) is 26.2 Å². The summed E-state index contributed by atoms with van der Waals surface area (Å²) in [6, 6.07) is 15.3. The zero-order valence-electron chi connectivity index (χ0n) is 12.8. The van der Waals surface area contributed by atoms with Crippen LogP contribution < -0.4 is 5.32 Å². The van der Waals surface area contributed by atoms with Gasteiger partial charge in [0.05, 0.1) is 14.9 Å². The van der Waals surface area contributed by atoms with Gasteiger partial charge in [-0.2, -0.15) is 0 Å². The summed E-state index contributed by atoms with van der Waals surface area (Å²) >= 11 is 13.9. The molecule has 0 aliphatic rings. The van der Waals surface area contributed by atoms with Crippen LogP contribution in [0.1, 0.15) is 16.0 Å². The van der Waals surface area contributed by atoms with E-state index in [1.807, 2.05) is 48.7 Å². The molecule has 6 heteroatoms. The molecule has 2 aromatic carbocycles. The summed E-state index contributed by atoms with van der Waals surface area (Å²) in [6.45, 7) is 2.04. The standard InChI is InChI=1S/C18H14Cl2N2OS/c1-11-4-2-3-5-16(11)21-12-6-7-13(15(20)10-12)17(22-23)18-14(19)8-9-24-18/h2-10,21,23H,1H3/b22-17+. The van der Waals surface area contributed by atoms with E-state index in [4.69, 9.17) is 23.2 Å². The first-order valence-electron chi connectivity index (χ1n) is 7.18. The molecule has 0 spiro atoms. The molecule has 1 heterocycles. The van der Waals surface area contributed by atoms with Crippen molar-refractivity contribution in [3.63, 3.8) is 0 Å². The number of nitrogens with zero attached hydrogens (tertiary/aromatic N) is 1. The van der Waals surface area contributed by atoms with Crippen molar-refractivity contribution in [2.45, 2.75) is 6.92 Å². The largest absolute Gasteiger partial charge is 0.410 e. The summed E-state index contributed by atoms with van der Waals surface area (Å²) < 4.78 is 0. The van der Waals surface area contributed by atoms with E-state index in [1.54, 1.807) is 12.1 Å². The summed E-state index contributed by atoms with van der Waals surface area (Å²) in [7, 11) is 0. The maximum atomic E-state index is 9.40. The molecule has 3 nitrogen and oxygen atoms in total. The van der Waals surface area contributed by atoms with Crippen molar-refractivity contribution in [2.75, 3.05) is 5.32 Å². The van der Waals surface area contributed by atoms with Gasteiger partial charge < -0.3 is 10.5 Å². The van der Waals surface area contributed by atoms with Crippen molar-refractivity contribution < 1.29 is 5.21 Å². The number of halogens is 2. The predicted molar refractivity (Wildman–Crippen MR) is 103 cm³/mol. The van der Waals surface area contributed by atoms with Gasteiger partial charge >= 0.3 is 0 Å². The minimum atomic E-state index is 0.363. The summed E-state index contributed by atoms with van der Waals surface area (Å²) in [5, 5.41) is 19.0. The van der Waals surface area contributed by atoms with Crippen LogP contribution in [0.3, 0.4) is 0 Å². The van der Waals surface area contributed by atoms with Crippen molar-refractivity contribution in [1.29, 1.82) is 0 Å². The van der Waals surface area contributed by atoms with Gasteiger partial charge in [0.2, 0.25) is 0 Å². The molecule has 0 radical (unpaired) electrons. The van der Waals surface area contributed by atoms with E-state index in [2.05, 4.69) is 10.5 Å². The number of hydrogen-bond donors (Lipinski definition) is 2. The molecule has 3 aromatic rings. The molecule has 0 aliphatic carbocycles. The lowest BCUT2D eigenvalue weighted by Crippen LogP contribution is -2.03. The molecule has 24 heavy (non-hydrogen) atoms. The lowest BCUT2D eigenvalue weighted by atomic mass is 10.1. The second-order valence-corrected chi connectivity index (χ2v) is 6.91. The van der Waals surface area contributed by atoms with E-state index < -0.39 is 0 Å². The van der Waals surface area contributed by atoms with Crippen LogP contribution in [0.5, 0.6) is 0 Å². The zero-order valence-corrected chi connectivity index (χ0v) is 15.1. The highest BCUT2D eigenvalue weighted by atomic mass is 35.5. The molecule has 0 bridgehead atoms. The molecule has 0 saturated carbocycles. The molecule has 0 aliphatic heterocycles. The first-order chi connectivity index (χ1) is 11.6. The maximum Gasteiger partial charge on any atom is 0.130 e. The number of nitrogens with one attached hydrogen (secondary N) is 1. The van der Waals surface area contributed by atoms with E-state index in [-0.39, 0.29) is 0 Å². The second-order valence-electron chi connectivity index (χ2n) is 5.18. The van der Waals surface area contributed by atoms with Crippen LogP contribution >= 0.6 is 34.5 Å². The Morgan fingerprint density at radius 2 is 1.88 bits per heavy atom. The molecule has 0 amide bonds. The Balaban J connectivity index is 1.93. The molecule has 0 unspecified atom stereocenters. The van der Waals surface area contributed by atoms with Gasteiger partial charge in [-0.15, -0.1) is 11.3 Å². The molecule has 0 saturated heterocycles. The molecular weight excluding hydrogens is 363 g/mol. The average Bonchev–Trinajstić information content (AvgIpc) is 2.98. The third-order valence-electron chi connectivity index (χ3n) is 3.58. The van der Waals surface area contributed by atoms with Crippen LogP contribution in [0.15, 0.2) is 59.1 Å².